The third-order valence-corrected chi connectivity index (χ3v) is 3.29. The van der Waals surface area contributed by atoms with Crippen LogP contribution in [0.15, 0.2) is 11.6 Å². The molecule has 0 amide bonds. The zero-order valence-corrected chi connectivity index (χ0v) is 9.03. The second-order valence-electron chi connectivity index (χ2n) is 4.63. The minimum Gasteiger partial charge on any atom is -0.362 e. The summed E-state index contributed by atoms with van der Waals surface area (Å²) in [6.45, 7) is 7.82. The van der Waals surface area contributed by atoms with E-state index >= 15 is 0 Å². The summed E-state index contributed by atoms with van der Waals surface area (Å²) in [7, 11) is 0. The summed E-state index contributed by atoms with van der Waals surface area (Å²) < 4.78 is 11.5. The van der Waals surface area contributed by atoms with Gasteiger partial charge >= 0.3 is 0 Å². The van der Waals surface area contributed by atoms with E-state index in [2.05, 4.69) is 6.92 Å². The molecule has 0 saturated carbocycles. The molecule has 4 atom stereocenters. The predicted molar refractivity (Wildman–Crippen MR) is 52.1 cm³/mol. The van der Waals surface area contributed by atoms with E-state index in [0.717, 1.165) is 6.29 Å². The summed E-state index contributed by atoms with van der Waals surface area (Å²) in [5.74, 6) is 0. The molecule has 0 bridgehead atoms. The van der Waals surface area contributed by atoms with Crippen molar-refractivity contribution < 1.29 is 14.3 Å². The minimum absolute atomic E-state index is 0.0909. The molecule has 0 N–H and O–H groups in total. The molecule has 0 aromatic carbocycles. The maximum absolute atomic E-state index is 10.6. The van der Waals surface area contributed by atoms with Crippen LogP contribution in [0.2, 0.25) is 0 Å². The number of ether oxygens (including phenoxy) is 2. The van der Waals surface area contributed by atoms with Gasteiger partial charge < -0.3 is 9.47 Å². The number of carbonyl (C=O) groups is 1. The van der Waals surface area contributed by atoms with Gasteiger partial charge in [0.2, 0.25) is 0 Å². The Morgan fingerprint density at radius 3 is 2.36 bits per heavy atom. The summed E-state index contributed by atoms with van der Waals surface area (Å²) in [4.78, 5) is 10.6. The fraction of sp³-hybridized carbons (Fsp3) is 0.727. The Morgan fingerprint density at radius 1 is 1.36 bits per heavy atom. The highest BCUT2D eigenvalue weighted by molar-refractivity contribution is 5.72. The molecule has 0 spiro atoms. The van der Waals surface area contributed by atoms with E-state index in [9.17, 15) is 4.79 Å². The van der Waals surface area contributed by atoms with Crippen molar-refractivity contribution in [3.63, 3.8) is 0 Å². The number of hydrogen-bond acceptors (Lipinski definition) is 3. The van der Waals surface area contributed by atoms with Gasteiger partial charge in [0.1, 0.15) is 23.6 Å². The van der Waals surface area contributed by atoms with E-state index in [1.807, 2.05) is 19.9 Å². The Balaban J connectivity index is 2.24. The van der Waals surface area contributed by atoms with Gasteiger partial charge in [0.15, 0.2) is 0 Å². The second-order valence-corrected chi connectivity index (χ2v) is 4.63. The van der Waals surface area contributed by atoms with Gasteiger partial charge in [0.05, 0.1) is 6.10 Å². The second kappa shape index (κ2) is 2.67. The van der Waals surface area contributed by atoms with E-state index in [1.165, 1.54) is 0 Å². The molecule has 2 aliphatic heterocycles. The predicted octanol–water partition coefficient (Wildman–Crippen LogP) is 1.47. The highest BCUT2D eigenvalue weighted by Gasteiger charge is 2.70. The highest BCUT2D eigenvalue weighted by atomic mass is 16.7. The van der Waals surface area contributed by atoms with Crippen molar-refractivity contribution in [1.82, 2.24) is 0 Å². The number of hydrogen-bond donors (Lipinski definition) is 0. The molecule has 2 heterocycles. The lowest BCUT2D eigenvalue weighted by Crippen LogP contribution is -2.30. The van der Waals surface area contributed by atoms with E-state index in [-0.39, 0.29) is 17.8 Å². The molecule has 3 nitrogen and oxygen atoms in total. The molecule has 0 radical (unpaired) electrons. The van der Waals surface area contributed by atoms with Crippen LogP contribution in [-0.2, 0) is 14.3 Å². The molecule has 14 heavy (non-hydrogen) atoms. The lowest BCUT2D eigenvalue weighted by atomic mass is 9.93. The highest BCUT2D eigenvalue weighted by Crippen LogP contribution is 2.55. The molecule has 0 aromatic rings. The van der Waals surface area contributed by atoms with Gasteiger partial charge in [-0.1, -0.05) is 0 Å². The van der Waals surface area contributed by atoms with Crippen molar-refractivity contribution in [3.8, 4) is 0 Å². The summed E-state index contributed by atoms with van der Waals surface area (Å²) in [6.07, 6.45) is 2.89. The molecule has 2 saturated heterocycles. The molecule has 0 aromatic heterocycles. The van der Waals surface area contributed by atoms with Crippen LogP contribution >= 0.6 is 0 Å². The summed E-state index contributed by atoms with van der Waals surface area (Å²) in [5, 5.41) is 0. The number of allylic oxidation sites excluding steroid dienone is 1. The lowest BCUT2D eigenvalue weighted by molar-refractivity contribution is -0.105. The first-order valence-corrected chi connectivity index (χ1v) is 4.92. The zero-order chi connectivity index (χ0) is 10.6. The van der Waals surface area contributed by atoms with Gasteiger partial charge in [-0.15, -0.1) is 0 Å². The fourth-order valence-electron chi connectivity index (χ4n) is 2.37. The van der Waals surface area contributed by atoms with Crippen LogP contribution < -0.4 is 0 Å². The zero-order valence-electron chi connectivity index (χ0n) is 9.03. The molecular weight excluding hydrogens is 180 g/mol. The largest absolute Gasteiger partial charge is 0.362 e. The first-order valence-electron chi connectivity index (χ1n) is 4.92. The average Bonchev–Trinajstić information content (AvgIpc) is 2.75. The van der Waals surface area contributed by atoms with Crippen molar-refractivity contribution >= 4 is 6.29 Å². The first kappa shape index (κ1) is 9.87. The van der Waals surface area contributed by atoms with Gasteiger partial charge in [-0.2, -0.15) is 0 Å². The molecule has 2 aliphatic rings. The van der Waals surface area contributed by atoms with Crippen molar-refractivity contribution in [1.29, 1.82) is 0 Å². The van der Waals surface area contributed by atoms with Gasteiger partial charge in [0.25, 0.3) is 0 Å². The summed E-state index contributed by atoms with van der Waals surface area (Å²) >= 11 is 0. The topological polar surface area (TPSA) is 38.8 Å². The molecule has 2 fully saturated rings. The van der Waals surface area contributed by atoms with Crippen LogP contribution in [0.25, 0.3) is 0 Å². The third kappa shape index (κ3) is 1.16. The van der Waals surface area contributed by atoms with Gasteiger partial charge in [-0.3, -0.25) is 4.79 Å². The number of carbonyl (C=O) groups excluding carboxylic acids is 1. The Morgan fingerprint density at radius 2 is 2.00 bits per heavy atom. The monoisotopic (exact) mass is 196 g/mol. The van der Waals surface area contributed by atoms with E-state index in [4.69, 9.17) is 9.47 Å². The van der Waals surface area contributed by atoms with E-state index in [1.54, 1.807) is 6.92 Å². The van der Waals surface area contributed by atoms with Crippen LogP contribution in [0.4, 0.5) is 0 Å². The molecule has 3 heteroatoms. The third-order valence-electron chi connectivity index (χ3n) is 3.29. The number of rotatable bonds is 2. The van der Waals surface area contributed by atoms with Crippen molar-refractivity contribution in [2.75, 3.05) is 0 Å². The van der Waals surface area contributed by atoms with Crippen LogP contribution in [0.1, 0.15) is 27.7 Å². The van der Waals surface area contributed by atoms with E-state index in [0.29, 0.717) is 5.57 Å². The van der Waals surface area contributed by atoms with Crippen LogP contribution in [0.3, 0.4) is 0 Å². The van der Waals surface area contributed by atoms with Crippen LogP contribution in [0, 0.1) is 0 Å². The van der Waals surface area contributed by atoms with Gasteiger partial charge in [0, 0.05) is 0 Å². The van der Waals surface area contributed by atoms with E-state index < -0.39 is 5.60 Å². The van der Waals surface area contributed by atoms with Crippen LogP contribution in [0.5, 0.6) is 0 Å². The maximum atomic E-state index is 10.6. The molecule has 78 valence electrons. The molecule has 4 unspecified atom stereocenters. The summed E-state index contributed by atoms with van der Waals surface area (Å²) in [6, 6.07) is 0. The standard InChI is InChI=1S/C11H16O3/c1-7(6-12)5-10(3)9-11(4,14-9)8(2)13-10/h5-6,8-9H,1-4H3/b7-5-. The van der Waals surface area contributed by atoms with Crippen molar-refractivity contribution in [2.45, 2.75) is 51.1 Å². The summed E-state index contributed by atoms with van der Waals surface area (Å²) in [5.41, 5.74) is 0.118. The lowest BCUT2D eigenvalue weighted by Gasteiger charge is -2.23. The number of aldehydes is 1. The quantitative estimate of drug-likeness (QED) is 0.381. The maximum Gasteiger partial charge on any atom is 0.145 e. The normalized spacial score (nSPS) is 51.6. The van der Waals surface area contributed by atoms with Crippen molar-refractivity contribution in [2.24, 2.45) is 0 Å². The van der Waals surface area contributed by atoms with Crippen molar-refractivity contribution in [3.05, 3.63) is 11.6 Å². The molecular formula is C11H16O3. The molecule has 2 rings (SSSR count). The Labute approximate surface area is 84.1 Å². The van der Waals surface area contributed by atoms with Crippen LogP contribution in [-0.4, -0.2) is 29.7 Å². The Hall–Kier alpha value is -0.670. The number of fused-ring (bicyclic) bond motifs is 1. The number of epoxide rings is 1. The SMILES string of the molecule is C/C(C=O)=C/C1(C)OC(C)C2(C)OC12. The molecule has 0 aliphatic carbocycles. The minimum atomic E-state index is -0.431. The Kier molecular flexibility index (Phi) is 1.88. The Bertz CT molecular complexity index is 310. The fourth-order valence-corrected chi connectivity index (χ4v) is 2.37. The van der Waals surface area contributed by atoms with Gasteiger partial charge in [-0.05, 0) is 39.3 Å². The average molecular weight is 196 g/mol. The first-order chi connectivity index (χ1) is 6.42. The smallest absolute Gasteiger partial charge is 0.145 e. The van der Waals surface area contributed by atoms with Gasteiger partial charge in [-0.25, -0.2) is 0 Å².